The number of hydrogen-bond acceptors (Lipinski definition) is 2. The fourth-order valence-corrected chi connectivity index (χ4v) is 4.21. The molecule has 2 aliphatic rings. The summed E-state index contributed by atoms with van der Waals surface area (Å²) in [4.78, 5) is 2.75. The Bertz CT molecular complexity index is 598. The molecule has 3 nitrogen and oxygen atoms in total. The highest BCUT2D eigenvalue weighted by molar-refractivity contribution is 5.33. The largest absolute Gasteiger partial charge is 0.293 e. The fraction of sp³-hybridized carbons (Fsp3) is 0.500. The van der Waals surface area contributed by atoms with Crippen LogP contribution < -0.4 is 0 Å². The molecule has 0 saturated carbocycles. The Morgan fingerprint density at radius 1 is 1.05 bits per heavy atom. The molecular formula is C18H23N3. The van der Waals surface area contributed by atoms with Crippen molar-refractivity contribution < 1.29 is 0 Å². The minimum Gasteiger partial charge on any atom is -0.293 e. The number of aromatic nitrogens is 2. The van der Waals surface area contributed by atoms with Gasteiger partial charge in [0.15, 0.2) is 0 Å². The van der Waals surface area contributed by atoms with E-state index in [1.54, 1.807) is 0 Å². The second kappa shape index (κ2) is 5.30. The van der Waals surface area contributed by atoms with E-state index in [2.05, 4.69) is 45.4 Å². The molecular weight excluding hydrogens is 258 g/mol. The lowest BCUT2D eigenvalue weighted by Crippen LogP contribution is -2.51. The van der Waals surface area contributed by atoms with Gasteiger partial charge in [0.05, 0.1) is 11.7 Å². The van der Waals surface area contributed by atoms with Crippen LogP contribution in [0.4, 0.5) is 0 Å². The summed E-state index contributed by atoms with van der Waals surface area (Å²) in [6.45, 7) is 2.48. The van der Waals surface area contributed by atoms with Crippen LogP contribution in [0, 0.1) is 0 Å². The maximum absolute atomic E-state index is 4.26. The molecule has 0 bridgehead atoms. The van der Waals surface area contributed by atoms with Crippen molar-refractivity contribution >= 4 is 0 Å². The lowest BCUT2D eigenvalue weighted by atomic mass is 9.74. The maximum atomic E-state index is 4.26. The van der Waals surface area contributed by atoms with Gasteiger partial charge >= 0.3 is 0 Å². The number of aryl methyl sites for hydroxylation is 1. The predicted octanol–water partition coefficient (Wildman–Crippen LogP) is 3.28. The summed E-state index contributed by atoms with van der Waals surface area (Å²) >= 11 is 0. The van der Waals surface area contributed by atoms with Gasteiger partial charge in [-0.2, -0.15) is 5.10 Å². The first-order valence-electron chi connectivity index (χ1n) is 8.20. The van der Waals surface area contributed by atoms with Crippen LogP contribution in [-0.2, 0) is 18.4 Å². The highest BCUT2D eigenvalue weighted by Crippen LogP contribution is 2.42. The van der Waals surface area contributed by atoms with E-state index < -0.39 is 0 Å². The molecule has 1 atom stereocenters. The number of benzene rings is 1. The summed E-state index contributed by atoms with van der Waals surface area (Å²) in [6.07, 6.45) is 9.52. The molecule has 1 aromatic heterocycles. The van der Waals surface area contributed by atoms with Crippen molar-refractivity contribution in [2.24, 2.45) is 0 Å². The number of piperidine rings is 1. The first kappa shape index (κ1) is 13.1. The van der Waals surface area contributed by atoms with Crippen LogP contribution in [-0.4, -0.2) is 28.2 Å². The summed E-state index contributed by atoms with van der Waals surface area (Å²) in [6, 6.07) is 11.1. The Labute approximate surface area is 126 Å². The van der Waals surface area contributed by atoms with Crippen LogP contribution in [0.5, 0.6) is 0 Å². The number of rotatable bonds is 2. The number of aromatic amines is 1. The molecule has 2 aromatic rings. The first-order valence-corrected chi connectivity index (χ1v) is 8.20. The molecule has 3 heteroatoms. The van der Waals surface area contributed by atoms with Crippen LogP contribution >= 0.6 is 0 Å². The Hall–Kier alpha value is -1.61. The number of nitrogens with one attached hydrogen (secondary N) is 1. The van der Waals surface area contributed by atoms with Crippen LogP contribution in [0.15, 0.2) is 36.5 Å². The zero-order valence-electron chi connectivity index (χ0n) is 12.5. The van der Waals surface area contributed by atoms with Crippen molar-refractivity contribution in [3.05, 3.63) is 53.3 Å². The number of H-pyrrole nitrogens is 1. The smallest absolute Gasteiger partial charge is 0.0522 e. The second-order valence-electron chi connectivity index (χ2n) is 6.50. The molecule has 110 valence electrons. The number of fused-ring (bicyclic) bond motifs is 1. The van der Waals surface area contributed by atoms with Crippen molar-refractivity contribution in [1.29, 1.82) is 0 Å². The van der Waals surface area contributed by atoms with E-state index in [0.29, 0.717) is 0 Å². The third-order valence-corrected chi connectivity index (χ3v) is 5.35. The minimum atomic E-state index is 0.179. The van der Waals surface area contributed by atoms with E-state index in [1.807, 2.05) is 6.20 Å². The van der Waals surface area contributed by atoms with E-state index in [-0.39, 0.29) is 5.54 Å². The molecule has 1 fully saturated rings. The summed E-state index contributed by atoms with van der Waals surface area (Å²) in [5.41, 5.74) is 4.42. The molecule has 1 aromatic carbocycles. The standard InChI is InChI=1S/C18H23N3/c1-3-7-16(8-4-1)18(21-11-5-2-6-12-21)10-9-17-15(13-18)14-19-20-17/h1,3-4,7-8,14H,2,5-6,9-13H2,(H,19,20). The molecule has 1 N–H and O–H groups in total. The third-order valence-electron chi connectivity index (χ3n) is 5.35. The molecule has 0 spiro atoms. The van der Waals surface area contributed by atoms with E-state index in [4.69, 9.17) is 0 Å². The quantitative estimate of drug-likeness (QED) is 0.916. The molecule has 1 saturated heterocycles. The summed E-state index contributed by atoms with van der Waals surface area (Å²) in [5.74, 6) is 0. The van der Waals surface area contributed by atoms with Crippen molar-refractivity contribution in [3.63, 3.8) is 0 Å². The second-order valence-corrected chi connectivity index (χ2v) is 6.50. The van der Waals surface area contributed by atoms with Gasteiger partial charge < -0.3 is 0 Å². The molecule has 4 rings (SSSR count). The van der Waals surface area contributed by atoms with E-state index in [9.17, 15) is 0 Å². The summed E-state index contributed by atoms with van der Waals surface area (Å²) in [5, 5.41) is 7.45. The van der Waals surface area contributed by atoms with Gasteiger partial charge in [-0.05, 0) is 56.3 Å². The van der Waals surface area contributed by atoms with Gasteiger partial charge in [-0.25, -0.2) is 0 Å². The van der Waals surface area contributed by atoms with Gasteiger partial charge in [0, 0.05) is 5.69 Å². The SMILES string of the molecule is c1ccc(C2(N3CCCCC3)CCc3[nH]ncc3C2)cc1. The first-order chi connectivity index (χ1) is 10.4. The van der Waals surface area contributed by atoms with Crippen molar-refractivity contribution in [2.45, 2.75) is 44.1 Å². The number of likely N-dealkylation sites (tertiary alicyclic amines) is 1. The Morgan fingerprint density at radius 2 is 1.86 bits per heavy atom. The Morgan fingerprint density at radius 3 is 2.67 bits per heavy atom. The van der Waals surface area contributed by atoms with Gasteiger partial charge in [-0.3, -0.25) is 10.00 Å². The van der Waals surface area contributed by atoms with E-state index in [0.717, 1.165) is 12.8 Å². The number of hydrogen-bond donors (Lipinski definition) is 1. The van der Waals surface area contributed by atoms with Crippen LogP contribution in [0.3, 0.4) is 0 Å². The zero-order valence-corrected chi connectivity index (χ0v) is 12.5. The van der Waals surface area contributed by atoms with E-state index in [1.165, 1.54) is 55.6 Å². The van der Waals surface area contributed by atoms with Gasteiger partial charge in [-0.1, -0.05) is 36.8 Å². The van der Waals surface area contributed by atoms with Crippen LogP contribution in [0.25, 0.3) is 0 Å². The average Bonchev–Trinajstić information content (AvgIpc) is 3.03. The van der Waals surface area contributed by atoms with Gasteiger partial charge in [0.1, 0.15) is 0 Å². The maximum Gasteiger partial charge on any atom is 0.0522 e. The van der Waals surface area contributed by atoms with Crippen LogP contribution in [0.2, 0.25) is 0 Å². The summed E-state index contributed by atoms with van der Waals surface area (Å²) in [7, 11) is 0. The molecule has 0 amide bonds. The Balaban J connectivity index is 1.76. The topological polar surface area (TPSA) is 31.9 Å². The molecule has 1 unspecified atom stereocenters. The number of nitrogens with zero attached hydrogens (tertiary/aromatic N) is 2. The molecule has 21 heavy (non-hydrogen) atoms. The normalized spacial score (nSPS) is 26.5. The minimum absolute atomic E-state index is 0.179. The molecule has 1 aliphatic heterocycles. The Kier molecular flexibility index (Phi) is 3.30. The molecule has 1 aliphatic carbocycles. The lowest BCUT2D eigenvalue weighted by Gasteiger charge is -2.48. The average molecular weight is 281 g/mol. The van der Waals surface area contributed by atoms with Gasteiger partial charge in [0.25, 0.3) is 0 Å². The van der Waals surface area contributed by atoms with Crippen molar-refractivity contribution in [1.82, 2.24) is 15.1 Å². The summed E-state index contributed by atoms with van der Waals surface area (Å²) < 4.78 is 0. The fourth-order valence-electron chi connectivity index (χ4n) is 4.21. The lowest BCUT2D eigenvalue weighted by molar-refractivity contribution is 0.0500. The molecule has 0 radical (unpaired) electrons. The highest BCUT2D eigenvalue weighted by atomic mass is 15.2. The third kappa shape index (κ3) is 2.20. The van der Waals surface area contributed by atoms with Crippen LogP contribution in [0.1, 0.15) is 42.5 Å². The molecule has 2 heterocycles. The van der Waals surface area contributed by atoms with Crippen molar-refractivity contribution in [3.8, 4) is 0 Å². The monoisotopic (exact) mass is 281 g/mol. The van der Waals surface area contributed by atoms with E-state index >= 15 is 0 Å². The van der Waals surface area contributed by atoms with Gasteiger partial charge in [0.2, 0.25) is 0 Å². The van der Waals surface area contributed by atoms with Crippen molar-refractivity contribution in [2.75, 3.05) is 13.1 Å². The van der Waals surface area contributed by atoms with Gasteiger partial charge in [-0.15, -0.1) is 0 Å². The highest BCUT2D eigenvalue weighted by Gasteiger charge is 2.42. The zero-order chi connectivity index (χ0) is 14.1. The predicted molar refractivity (Wildman–Crippen MR) is 84.2 cm³/mol.